The quantitative estimate of drug-likeness (QED) is 0.683. The molecule has 0 aliphatic carbocycles. The van der Waals surface area contributed by atoms with Crippen LogP contribution in [0.4, 0.5) is 10.5 Å². The van der Waals surface area contributed by atoms with E-state index in [2.05, 4.69) is 5.32 Å². The van der Waals surface area contributed by atoms with Gasteiger partial charge in [0.25, 0.3) is 10.0 Å². The Hall–Kier alpha value is -1.96. The summed E-state index contributed by atoms with van der Waals surface area (Å²) in [4.78, 5) is 11.0. The average molecular weight is 273 g/mol. The lowest BCUT2D eigenvalue weighted by Crippen LogP contribution is -2.39. The molecule has 1 aromatic rings. The number of carbonyl (C=O) groups excluding carboxylic acids is 1. The van der Waals surface area contributed by atoms with Crippen LogP contribution in [0.2, 0.25) is 0 Å². The van der Waals surface area contributed by atoms with Crippen LogP contribution in [0.3, 0.4) is 0 Å². The summed E-state index contributed by atoms with van der Waals surface area (Å²) in [5, 5.41) is 2.32. The van der Waals surface area contributed by atoms with Crippen LogP contribution in [0, 0.1) is 0 Å². The summed E-state index contributed by atoms with van der Waals surface area (Å²) < 4.78 is 30.5. The van der Waals surface area contributed by atoms with Crippen LogP contribution in [0.5, 0.6) is 5.75 Å². The van der Waals surface area contributed by atoms with E-state index in [0.29, 0.717) is 12.3 Å². The summed E-state index contributed by atoms with van der Waals surface area (Å²) in [5.74, 6) is 0.435. The molecule has 1 rings (SSSR count). The van der Waals surface area contributed by atoms with Crippen LogP contribution in [-0.4, -0.2) is 28.1 Å². The highest BCUT2D eigenvalue weighted by Crippen LogP contribution is 2.23. The van der Waals surface area contributed by atoms with Gasteiger partial charge in [0.15, 0.2) is 0 Å². The molecule has 1 aromatic carbocycles. The van der Waals surface area contributed by atoms with Crippen molar-refractivity contribution in [1.29, 1.82) is 0 Å². The smallest absolute Gasteiger partial charge is 0.328 e. The Morgan fingerprint density at radius 2 is 2.11 bits per heavy atom. The predicted molar refractivity (Wildman–Crippen MR) is 66.8 cm³/mol. The number of rotatable bonds is 4. The summed E-state index contributed by atoms with van der Waals surface area (Å²) in [5.41, 5.74) is 5.61. The third-order valence-electron chi connectivity index (χ3n) is 2.07. The lowest BCUT2D eigenvalue weighted by molar-refractivity contribution is 0.246. The van der Waals surface area contributed by atoms with Gasteiger partial charge in [-0.1, -0.05) is 0 Å². The van der Waals surface area contributed by atoms with Crippen LogP contribution in [0.15, 0.2) is 23.1 Å². The Kier molecular flexibility index (Phi) is 4.38. The summed E-state index contributed by atoms with van der Waals surface area (Å²) in [6, 6.07) is 3.29. The molecule has 0 bridgehead atoms. The lowest BCUT2D eigenvalue weighted by atomic mass is 10.3. The van der Waals surface area contributed by atoms with Crippen molar-refractivity contribution < 1.29 is 17.9 Å². The Morgan fingerprint density at radius 3 is 2.61 bits per heavy atom. The molecule has 0 fully saturated rings. The predicted octanol–water partition coefficient (Wildman–Crippen LogP) is 0.285. The number of nitrogens with one attached hydrogen (secondary N) is 2. The van der Waals surface area contributed by atoms with E-state index in [9.17, 15) is 13.2 Å². The summed E-state index contributed by atoms with van der Waals surface area (Å²) in [6.45, 7) is 1.99. The van der Waals surface area contributed by atoms with E-state index in [0.717, 1.165) is 0 Å². The number of benzene rings is 1. The number of anilines is 1. The van der Waals surface area contributed by atoms with Gasteiger partial charge in [-0.25, -0.2) is 17.9 Å². The lowest BCUT2D eigenvalue weighted by Gasteiger charge is -2.10. The van der Waals surface area contributed by atoms with Crippen LogP contribution in [0.1, 0.15) is 6.92 Å². The van der Waals surface area contributed by atoms with Gasteiger partial charge in [0.2, 0.25) is 0 Å². The number of methoxy groups -OCH3 is 1. The van der Waals surface area contributed by atoms with Gasteiger partial charge in [-0.3, -0.25) is 0 Å². The summed E-state index contributed by atoms with van der Waals surface area (Å²) >= 11 is 0. The monoisotopic (exact) mass is 273 g/mol. The first-order valence-corrected chi connectivity index (χ1v) is 6.63. The standard InChI is InChI=1S/C10H15N3O4S/c1-3-12-10(14)13-18(15,16)9-5-4-7(17-2)6-8(9)11/h4-6H,3,11H2,1-2H3,(H2,12,13,14). The van der Waals surface area contributed by atoms with Gasteiger partial charge in [0.05, 0.1) is 12.8 Å². The fourth-order valence-corrected chi connectivity index (χ4v) is 2.31. The second-order valence-corrected chi connectivity index (χ2v) is 5.02. The molecule has 2 amide bonds. The minimum absolute atomic E-state index is 0.00569. The Bertz CT molecular complexity index is 542. The molecule has 0 radical (unpaired) electrons. The van der Waals surface area contributed by atoms with E-state index in [-0.39, 0.29) is 10.6 Å². The van der Waals surface area contributed by atoms with Crippen molar-refractivity contribution in [3.63, 3.8) is 0 Å². The maximum absolute atomic E-state index is 11.8. The van der Waals surface area contributed by atoms with Gasteiger partial charge in [0, 0.05) is 12.6 Å². The number of sulfonamides is 1. The van der Waals surface area contributed by atoms with E-state index in [4.69, 9.17) is 10.5 Å². The second-order valence-electron chi connectivity index (χ2n) is 3.37. The van der Waals surface area contributed by atoms with E-state index < -0.39 is 16.1 Å². The molecule has 18 heavy (non-hydrogen) atoms. The molecule has 0 aliphatic heterocycles. The Morgan fingerprint density at radius 1 is 1.44 bits per heavy atom. The summed E-state index contributed by atoms with van der Waals surface area (Å²) in [7, 11) is -2.54. The van der Waals surface area contributed by atoms with Crippen molar-refractivity contribution in [2.75, 3.05) is 19.4 Å². The number of hydrogen-bond acceptors (Lipinski definition) is 5. The number of urea groups is 1. The highest BCUT2D eigenvalue weighted by molar-refractivity contribution is 7.90. The molecule has 0 unspecified atom stereocenters. The minimum Gasteiger partial charge on any atom is -0.497 e. The van der Waals surface area contributed by atoms with Gasteiger partial charge in [-0.05, 0) is 19.1 Å². The average Bonchev–Trinajstić information content (AvgIpc) is 2.27. The van der Waals surface area contributed by atoms with E-state index in [1.165, 1.54) is 25.3 Å². The van der Waals surface area contributed by atoms with E-state index in [1.807, 2.05) is 4.72 Å². The molecule has 0 saturated carbocycles. The Balaban J connectivity index is 3.02. The third kappa shape index (κ3) is 3.27. The number of hydrogen-bond donors (Lipinski definition) is 3. The maximum atomic E-state index is 11.8. The number of nitrogen functional groups attached to an aromatic ring is 1. The van der Waals surface area contributed by atoms with E-state index >= 15 is 0 Å². The largest absolute Gasteiger partial charge is 0.497 e. The van der Waals surface area contributed by atoms with Crippen LogP contribution in [-0.2, 0) is 10.0 Å². The van der Waals surface area contributed by atoms with E-state index in [1.54, 1.807) is 6.92 Å². The fourth-order valence-electron chi connectivity index (χ4n) is 1.27. The molecule has 0 atom stereocenters. The topological polar surface area (TPSA) is 111 Å². The molecule has 8 heteroatoms. The van der Waals surface area contributed by atoms with Crippen LogP contribution in [0.25, 0.3) is 0 Å². The first-order valence-electron chi connectivity index (χ1n) is 5.15. The highest BCUT2D eigenvalue weighted by Gasteiger charge is 2.20. The van der Waals surface area contributed by atoms with Crippen molar-refractivity contribution in [3.05, 3.63) is 18.2 Å². The number of nitrogens with two attached hydrogens (primary N) is 1. The zero-order valence-corrected chi connectivity index (χ0v) is 10.9. The molecule has 0 saturated heterocycles. The Labute approximate surface area is 105 Å². The van der Waals surface area contributed by atoms with Crippen molar-refractivity contribution in [3.8, 4) is 5.75 Å². The molecule has 100 valence electrons. The first kappa shape index (κ1) is 14.1. The molecule has 4 N–H and O–H groups in total. The van der Waals surface area contributed by atoms with Gasteiger partial charge >= 0.3 is 6.03 Å². The van der Waals surface area contributed by atoms with Crippen LogP contribution >= 0.6 is 0 Å². The van der Waals surface area contributed by atoms with Crippen molar-refractivity contribution in [2.45, 2.75) is 11.8 Å². The van der Waals surface area contributed by atoms with Gasteiger partial charge in [0.1, 0.15) is 10.6 Å². The zero-order valence-electron chi connectivity index (χ0n) is 10.1. The molecule has 0 spiro atoms. The molecule has 0 aromatic heterocycles. The number of carbonyl (C=O) groups is 1. The SMILES string of the molecule is CCNC(=O)NS(=O)(=O)c1ccc(OC)cc1N. The normalized spacial score (nSPS) is 10.8. The highest BCUT2D eigenvalue weighted by atomic mass is 32.2. The van der Waals surface area contributed by atoms with Crippen molar-refractivity contribution in [2.24, 2.45) is 0 Å². The van der Waals surface area contributed by atoms with Gasteiger partial charge in [-0.15, -0.1) is 0 Å². The molecular formula is C10H15N3O4S. The fraction of sp³-hybridized carbons (Fsp3) is 0.300. The third-order valence-corrected chi connectivity index (χ3v) is 3.48. The van der Waals surface area contributed by atoms with Gasteiger partial charge < -0.3 is 15.8 Å². The molecule has 0 heterocycles. The maximum Gasteiger partial charge on any atom is 0.328 e. The van der Waals surface area contributed by atoms with Crippen LogP contribution < -0.4 is 20.5 Å². The molecule has 7 nitrogen and oxygen atoms in total. The first-order chi connectivity index (χ1) is 8.40. The molecular weight excluding hydrogens is 258 g/mol. The van der Waals surface area contributed by atoms with Crippen molar-refractivity contribution in [1.82, 2.24) is 10.0 Å². The number of ether oxygens (including phenoxy) is 1. The second kappa shape index (κ2) is 5.58. The zero-order chi connectivity index (χ0) is 13.8. The number of amides is 2. The molecule has 0 aliphatic rings. The summed E-state index contributed by atoms with van der Waals surface area (Å²) in [6.07, 6.45) is 0. The van der Waals surface area contributed by atoms with Crippen molar-refractivity contribution >= 4 is 21.7 Å². The van der Waals surface area contributed by atoms with Gasteiger partial charge in [-0.2, -0.15) is 0 Å². The minimum atomic E-state index is -3.98.